The van der Waals surface area contributed by atoms with Crippen molar-refractivity contribution in [2.75, 3.05) is 5.32 Å². The molecule has 6 heteroatoms. The van der Waals surface area contributed by atoms with Gasteiger partial charge in [-0.1, -0.05) is 45.0 Å². The first-order chi connectivity index (χ1) is 12.1. The lowest BCUT2D eigenvalue weighted by Crippen LogP contribution is -2.31. The van der Waals surface area contributed by atoms with Gasteiger partial charge in [-0.3, -0.25) is 14.9 Å². The number of hydrogen-bond donors (Lipinski definition) is 1. The Kier molecular flexibility index (Phi) is 5.65. The van der Waals surface area contributed by atoms with Gasteiger partial charge in [-0.25, -0.2) is 0 Å². The van der Waals surface area contributed by atoms with E-state index in [1.807, 2.05) is 24.3 Å². The average molecular weight is 356 g/mol. The van der Waals surface area contributed by atoms with Crippen LogP contribution in [0.2, 0.25) is 0 Å². The van der Waals surface area contributed by atoms with Gasteiger partial charge in [-0.15, -0.1) is 0 Å². The molecule has 2 rings (SSSR count). The fourth-order valence-electron chi connectivity index (χ4n) is 2.53. The summed E-state index contributed by atoms with van der Waals surface area (Å²) in [7, 11) is 0. The van der Waals surface area contributed by atoms with Gasteiger partial charge in [0.2, 0.25) is 0 Å². The van der Waals surface area contributed by atoms with Crippen molar-refractivity contribution in [2.45, 2.75) is 46.1 Å². The molecule has 0 aliphatic rings. The van der Waals surface area contributed by atoms with Crippen molar-refractivity contribution in [2.24, 2.45) is 0 Å². The number of nitro groups is 1. The first-order valence-electron chi connectivity index (χ1n) is 8.41. The smallest absolute Gasteiger partial charge is 0.271 e. The molecule has 0 aromatic heterocycles. The van der Waals surface area contributed by atoms with Crippen LogP contribution in [-0.2, 0) is 10.2 Å². The highest BCUT2D eigenvalue weighted by atomic mass is 16.6. The molecular weight excluding hydrogens is 332 g/mol. The van der Waals surface area contributed by atoms with E-state index < -0.39 is 11.0 Å². The van der Waals surface area contributed by atoms with Gasteiger partial charge in [0, 0.05) is 12.1 Å². The van der Waals surface area contributed by atoms with Gasteiger partial charge in [-0.2, -0.15) is 0 Å². The Balaban J connectivity index is 2.17. The van der Waals surface area contributed by atoms with Crippen molar-refractivity contribution < 1.29 is 14.5 Å². The third-order valence-corrected chi connectivity index (χ3v) is 4.06. The van der Waals surface area contributed by atoms with Crippen LogP contribution in [0.25, 0.3) is 0 Å². The van der Waals surface area contributed by atoms with E-state index in [-0.39, 0.29) is 17.0 Å². The number of carbonyl (C=O) groups is 1. The quantitative estimate of drug-likeness (QED) is 0.627. The zero-order valence-electron chi connectivity index (χ0n) is 15.7. The van der Waals surface area contributed by atoms with Crippen LogP contribution in [0, 0.1) is 17.0 Å². The Hall–Kier alpha value is -2.89. The number of benzene rings is 2. The lowest BCUT2D eigenvalue weighted by atomic mass is 9.86. The molecule has 0 spiro atoms. The maximum Gasteiger partial charge on any atom is 0.271 e. The number of para-hydroxylation sites is 1. The van der Waals surface area contributed by atoms with Crippen molar-refractivity contribution in [1.29, 1.82) is 0 Å². The minimum atomic E-state index is -0.753. The number of nitrogens with zero attached hydrogens (tertiary/aromatic N) is 1. The standard InChI is InChI=1S/C20H24N2O4/c1-13-10-11-15(22(24)25)12-17(13)21-19(23)14(2)26-18-9-7-6-8-16(18)20(3,4)5/h6-12,14H,1-5H3,(H,21,23). The van der Waals surface area contributed by atoms with Crippen LogP contribution in [0.3, 0.4) is 0 Å². The van der Waals surface area contributed by atoms with Crippen molar-refractivity contribution in [1.82, 2.24) is 0 Å². The van der Waals surface area contributed by atoms with Crippen LogP contribution < -0.4 is 10.1 Å². The summed E-state index contributed by atoms with van der Waals surface area (Å²) in [5, 5.41) is 13.6. The molecule has 138 valence electrons. The number of ether oxygens (including phenoxy) is 1. The predicted molar refractivity (Wildman–Crippen MR) is 102 cm³/mol. The summed E-state index contributed by atoms with van der Waals surface area (Å²) in [6.07, 6.45) is -0.753. The molecule has 0 bridgehead atoms. The topological polar surface area (TPSA) is 81.5 Å². The van der Waals surface area contributed by atoms with E-state index >= 15 is 0 Å². The van der Waals surface area contributed by atoms with Gasteiger partial charge in [0.15, 0.2) is 6.10 Å². The summed E-state index contributed by atoms with van der Waals surface area (Å²) >= 11 is 0. The normalized spacial score (nSPS) is 12.3. The zero-order valence-corrected chi connectivity index (χ0v) is 15.7. The van der Waals surface area contributed by atoms with E-state index in [0.29, 0.717) is 11.4 Å². The largest absolute Gasteiger partial charge is 0.481 e. The van der Waals surface area contributed by atoms with E-state index in [9.17, 15) is 14.9 Å². The molecular formula is C20H24N2O4. The minimum Gasteiger partial charge on any atom is -0.481 e. The van der Waals surface area contributed by atoms with Crippen LogP contribution in [0.5, 0.6) is 5.75 Å². The van der Waals surface area contributed by atoms with Crippen LogP contribution >= 0.6 is 0 Å². The second-order valence-corrected chi connectivity index (χ2v) is 7.25. The molecule has 1 atom stereocenters. The lowest BCUT2D eigenvalue weighted by molar-refractivity contribution is -0.384. The number of nitrogens with one attached hydrogen (secondary N) is 1. The van der Waals surface area contributed by atoms with Crippen LogP contribution in [0.4, 0.5) is 11.4 Å². The SMILES string of the molecule is Cc1ccc([N+](=O)[O-])cc1NC(=O)C(C)Oc1ccccc1C(C)(C)C. The number of hydrogen-bond acceptors (Lipinski definition) is 4. The molecule has 0 aliphatic heterocycles. The monoisotopic (exact) mass is 356 g/mol. The van der Waals surface area contributed by atoms with E-state index in [0.717, 1.165) is 11.1 Å². The second-order valence-electron chi connectivity index (χ2n) is 7.25. The van der Waals surface area contributed by atoms with E-state index in [2.05, 4.69) is 26.1 Å². The number of amides is 1. The molecule has 0 aliphatic carbocycles. The number of aryl methyl sites for hydroxylation is 1. The van der Waals surface area contributed by atoms with Crippen LogP contribution in [0.1, 0.15) is 38.8 Å². The van der Waals surface area contributed by atoms with E-state index in [4.69, 9.17) is 4.74 Å². The van der Waals surface area contributed by atoms with Crippen LogP contribution in [0.15, 0.2) is 42.5 Å². The maximum atomic E-state index is 12.5. The summed E-state index contributed by atoms with van der Waals surface area (Å²) < 4.78 is 5.88. The molecule has 6 nitrogen and oxygen atoms in total. The number of carbonyl (C=O) groups excluding carboxylic acids is 1. The summed E-state index contributed by atoms with van der Waals surface area (Å²) in [6.45, 7) is 9.66. The number of nitro benzene ring substituents is 1. The highest BCUT2D eigenvalue weighted by Crippen LogP contribution is 2.31. The number of non-ortho nitro benzene ring substituents is 1. The Morgan fingerprint density at radius 3 is 2.46 bits per heavy atom. The van der Waals surface area contributed by atoms with Crippen LogP contribution in [-0.4, -0.2) is 16.9 Å². The predicted octanol–water partition coefficient (Wildman–Crippen LogP) is 4.61. The average Bonchev–Trinajstić information content (AvgIpc) is 2.56. The third-order valence-electron chi connectivity index (χ3n) is 4.06. The highest BCUT2D eigenvalue weighted by Gasteiger charge is 2.22. The van der Waals surface area contributed by atoms with Crippen molar-refractivity contribution >= 4 is 17.3 Å². The first kappa shape index (κ1) is 19.4. The van der Waals surface area contributed by atoms with Gasteiger partial charge in [0.25, 0.3) is 11.6 Å². The van der Waals surface area contributed by atoms with E-state index in [1.165, 1.54) is 12.1 Å². The summed E-state index contributed by atoms with van der Waals surface area (Å²) in [4.78, 5) is 22.9. The molecule has 1 amide bonds. The summed E-state index contributed by atoms with van der Waals surface area (Å²) in [5.41, 5.74) is 1.96. The fourth-order valence-corrected chi connectivity index (χ4v) is 2.53. The molecule has 0 fully saturated rings. The fraction of sp³-hybridized carbons (Fsp3) is 0.350. The van der Waals surface area contributed by atoms with Crippen molar-refractivity contribution in [3.8, 4) is 5.75 Å². The summed E-state index contributed by atoms with van der Waals surface area (Å²) in [5.74, 6) is 0.288. The molecule has 26 heavy (non-hydrogen) atoms. The van der Waals surface area contributed by atoms with Crippen molar-refractivity contribution in [3.63, 3.8) is 0 Å². The van der Waals surface area contributed by atoms with Gasteiger partial charge in [0.05, 0.1) is 10.6 Å². The highest BCUT2D eigenvalue weighted by molar-refractivity contribution is 5.95. The third kappa shape index (κ3) is 4.59. The molecule has 1 unspecified atom stereocenters. The molecule has 0 saturated carbocycles. The molecule has 0 radical (unpaired) electrons. The Bertz CT molecular complexity index is 825. The van der Waals surface area contributed by atoms with E-state index in [1.54, 1.807) is 19.9 Å². The molecule has 2 aromatic carbocycles. The molecule has 2 aromatic rings. The van der Waals surface area contributed by atoms with Gasteiger partial charge in [-0.05, 0) is 36.5 Å². The lowest BCUT2D eigenvalue weighted by Gasteiger charge is -2.24. The zero-order chi connectivity index (χ0) is 19.5. The maximum absolute atomic E-state index is 12.5. The second kappa shape index (κ2) is 7.56. The Morgan fingerprint density at radius 2 is 1.85 bits per heavy atom. The summed E-state index contributed by atoms with van der Waals surface area (Å²) in [6, 6.07) is 12.0. The Labute approximate surface area is 153 Å². The molecule has 0 saturated heterocycles. The van der Waals surface area contributed by atoms with Gasteiger partial charge < -0.3 is 10.1 Å². The Morgan fingerprint density at radius 1 is 1.19 bits per heavy atom. The van der Waals surface area contributed by atoms with Crippen molar-refractivity contribution in [3.05, 3.63) is 63.7 Å². The molecule has 0 heterocycles. The van der Waals surface area contributed by atoms with Gasteiger partial charge in [0.1, 0.15) is 5.75 Å². The minimum absolute atomic E-state index is 0.0717. The van der Waals surface area contributed by atoms with Gasteiger partial charge >= 0.3 is 0 Å². The number of rotatable bonds is 5. The molecule has 1 N–H and O–H groups in total. The first-order valence-corrected chi connectivity index (χ1v) is 8.41. The number of anilines is 1.